The van der Waals surface area contributed by atoms with E-state index in [4.69, 9.17) is 5.73 Å². The number of nitrogen functional groups attached to an aromatic ring is 1. The van der Waals surface area contributed by atoms with E-state index in [1.807, 2.05) is 57.1 Å². The Morgan fingerprint density at radius 1 is 1.29 bits per heavy atom. The molecule has 0 saturated carbocycles. The fraction of sp³-hybridized carbons (Fsp3) is 0.333. The van der Waals surface area contributed by atoms with Gasteiger partial charge >= 0.3 is 0 Å². The van der Waals surface area contributed by atoms with Crippen molar-refractivity contribution in [3.8, 4) is 0 Å². The van der Waals surface area contributed by atoms with Gasteiger partial charge in [0.1, 0.15) is 0 Å². The van der Waals surface area contributed by atoms with Gasteiger partial charge in [0.2, 0.25) is 0 Å². The van der Waals surface area contributed by atoms with Crippen molar-refractivity contribution in [1.29, 1.82) is 0 Å². The minimum Gasteiger partial charge on any atom is -0.399 e. The third kappa shape index (κ3) is 3.13. The fourth-order valence-corrected chi connectivity index (χ4v) is 1.12. The van der Waals surface area contributed by atoms with Crippen LogP contribution in [0.1, 0.15) is 19.4 Å². The first-order valence-corrected chi connectivity index (χ1v) is 4.84. The fourth-order valence-electron chi connectivity index (χ4n) is 1.12. The number of anilines is 2. The first-order valence-electron chi connectivity index (χ1n) is 4.84. The highest BCUT2D eigenvalue weighted by Gasteiger charge is 2.00. The van der Waals surface area contributed by atoms with Crippen molar-refractivity contribution >= 4 is 17.5 Å². The van der Waals surface area contributed by atoms with Crippen LogP contribution in [0.3, 0.4) is 0 Å². The number of hydrogen-bond acceptors (Lipinski definition) is 2. The van der Waals surface area contributed by atoms with Gasteiger partial charge in [0, 0.05) is 25.5 Å². The molecule has 1 rings (SSSR count). The molecule has 2 nitrogen and oxygen atoms in total. The third-order valence-electron chi connectivity index (χ3n) is 1.76. The quantitative estimate of drug-likeness (QED) is 0.730. The Morgan fingerprint density at radius 3 is 2.29 bits per heavy atom. The maximum atomic E-state index is 5.66. The highest BCUT2D eigenvalue weighted by Crippen LogP contribution is 2.22. The molecule has 0 aliphatic carbocycles. The van der Waals surface area contributed by atoms with E-state index in [0.29, 0.717) is 0 Å². The molecule has 0 atom stereocenters. The normalized spacial score (nSPS) is 8.57. The zero-order chi connectivity index (χ0) is 11.1. The van der Waals surface area contributed by atoms with E-state index in [9.17, 15) is 0 Å². The molecular formula is C12H20N2. The molecule has 0 bridgehead atoms. The van der Waals surface area contributed by atoms with Crippen LogP contribution in [0.2, 0.25) is 0 Å². The second kappa shape index (κ2) is 6.08. The van der Waals surface area contributed by atoms with E-state index >= 15 is 0 Å². The largest absolute Gasteiger partial charge is 0.399 e. The number of nitrogens with two attached hydrogens (primary N) is 1. The third-order valence-corrected chi connectivity index (χ3v) is 1.76. The SMILES string of the molecule is C=Cc1ccc(N)cc1N(C)C.CC. The second-order valence-corrected chi connectivity index (χ2v) is 2.92. The lowest BCUT2D eigenvalue weighted by molar-refractivity contribution is 1.13. The average Bonchev–Trinajstić information content (AvgIpc) is 2.20. The monoisotopic (exact) mass is 192 g/mol. The molecule has 1 aromatic rings. The summed E-state index contributed by atoms with van der Waals surface area (Å²) in [5.41, 5.74) is 8.65. The van der Waals surface area contributed by atoms with Crippen molar-refractivity contribution in [1.82, 2.24) is 0 Å². The molecule has 78 valence electrons. The molecule has 0 spiro atoms. The summed E-state index contributed by atoms with van der Waals surface area (Å²) < 4.78 is 0. The van der Waals surface area contributed by atoms with Crippen LogP contribution in [0, 0.1) is 0 Å². The van der Waals surface area contributed by atoms with Crippen LogP contribution in [-0.2, 0) is 0 Å². The predicted molar refractivity (Wildman–Crippen MR) is 66.6 cm³/mol. The molecule has 0 heterocycles. The summed E-state index contributed by atoms with van der Waals surface area (Å²) >= 11 is 0. The van der Waals surface area contributed by atoms with Gasteiger partial charge in [-0.2, -0.15) is 0 Å². The van der Waals surface area contributed by atoms with Crippen LogP contribution >= 0.6 is 0 Å². The van der Waals surface area contributed by atoms with E-state index in [1.54, 1.807) is 0 Å². The summed E-state index contributed by atoms with van der Waals surface area (Å²) in [6.07, 6.45) is 1.83. The molecule has 0 fully saturated rings. The van der Waals surface area contributed by atoms with Crippen molar-refractivity contribution in [3.63, 3.8) is 0 Å². The number of rotatable bonds is 2. The molecule has 1 aromatic carbocycles. The summed E-state index contributed by atoms with van der Waals surface area (Å²) in [5, 5.41) is 0. The Bertz CT molecular complexity index is 290. The van der Waals surface area contributed by atoms with Crippen LogP contribution in [-0.4, -0.2) is 14.1 Å². The molecule has 14 heavy (non-hydrogen) atoms. The maximum Gasteiger partial charge on any atom is 0.0455 e. The zero-order valence-electron chi connectivity index (χ0n) is 9.54. The molecule has 0 unspecified atom stereocenters. The summed E-state index contributed by atoms with van der Waals surface area (Å²) in [5.74, 6) is 0. The first kappa shape index (κ1) is 12.6. The molecule has 0 aliphatic rings. The molecule has 0 amide bonds. The minimum absolute atomic E-state index is 0.782. The average molecular weight is 192 g/mol. The lowest BCUT2D eigenvalue weighted by Crippen LogP contribution is -2.10. The van der Waals surface area contributed by atoms with Crippen molar-refractivity contribution in [2.75, 3.05) is 24.7 Å². The molecule has 0 aliphatic heterocycles. The molecule has 2 N–H and O–H groups in total. The minimum atomic E-state index is 0.782. The number of nitrogens with zero attached hydrogens (tertiary/aromatic N) is 1. The van der Waals surface area contributed by atoms with Gasteiger partial charge in [-0.05, 0) is 17.7 Å². The van der Waals surface area contributed by atoms with Crippen molar-refractivity contribution in [3.05, 3.63) is 30.3 Å². The van der Waals surface area contributed by atoms with Gasteiger partial charge in [-0.25, -0.2) is 0 Å². The van der Waals surface area contributed by atoms with E-state index in [2.05, 4.69) is 6.58 Å². The topological polar surface area (TPSA) is 29.3 Å². The molecule has 0 radical (unpaired) electrons. The highest BCUT2D eigenvalue weighted by atomic mass is 15.1. The Morgan fingerprint density at radius 2 is 1.86 bits per heavy atom. The van der Waals surface area contributed by atoms with E-state index in [0.717, 1.165) is 16.9 Å². The molecule has 0 saturated heterocycles. The first-order chi connectivity index (χ1) is 6.65. The zero-order valence-corrected chi connectivity index (χ0v) is 9.54. The van der Waals surface area contributed by atoms with Gasteiger partial charge in [-0.15, -0.1) is 0 Å². The van der Waals surface area contributed by atoms with Crippen LogP contribution in [0.15, 0.2) is 24.8 Å². The highest BCUT2D eigenvalue weighted by molar-refractivity contribution is 5.70. The summed E-state index contributed by atoms with van der Waals surface area (Å²) in [4.78, 5) is 2.02. The van der Waals surface area contributed by atoms with Crippen LogP contribution in [0.4, 0.5) is 11.4 Å². The Balaban J connectivity index is 0.000000791. The standard InChI is InChI=1S/C10H14N2.C2H6/c1-4-8-5-6-9(11)7-10(8)12(2)3;1-2/h4-7H,1,11H2,2-3H3;1-2H3. The second-order valence-electron chi connectivity index (χ2n) is 2.92. The van der Waals surface area contributed by atoms with Crippen molar-refractivity contribution < 1.29 is 0 Å². The molecule has 2 heteroatoms. The molecule has 0 aromatic heterocycles. The predicted octanol–water partition coefficient (Wildman–Crippen LogP) is 3.00. The van der Waals surface area contributed by atoms with Gasteiger partial charge in [-0.3, -0.25) is 0 Å². The Hall–Kier alpha value is -1.44. The lowest BCUT2D eigenvalue weighted by atomic mass is 10.1. The van der Waals surface area contributed by atoms with Crippen LogP contribution < -0.4 is 10.6 Å². The van der Waals surface area contributed by atoms with E-state index in [-0.39, 0.29) is 0 Å². The smallest absolute Gasteiger partial charge is 0.0455 e. The maximum absolute atomic E-state index is 5.66. The van der Waals surface area contributed by atoms with Gasteiger partial charge in [-0.1, -0.05) is 32.6 Å². The summed E-state index contributed by atoms with van der Waals surface area (Å²) in [6, 6.07) is 5.79. The Labute approximate surface area is 87.0 Å². The van der Waals surface area contributed by atoms with Crippen molar-refractivity contribution in [2.45, 2.75) is 13.8 Å². The van der Waals surface area contributed by atoms with Gasteiger partial charge < -0.3 is 10.6 Å². The lowest BCUT2D eigenvalue weighted by Gasteiger charge is -2.15. The number of benzene rings is 1. The van der Waals surface area contributed by atoms with Gasteiger partial charge in [0.05, 0.1) is 0 Å². The number of hydrogen-bond donors (Lipinski definition) is 1. The molecular weight excluding hydrogens is 172 g/mol. The van der Waals surface area contributed by atoms with Gasteiger partial charge in [0.25, 0.3) is 0 Å². The van der Waals surface area contributed by atoms with E-state index in [1.165, 1.54) is 0 Å². The van der Waals surface area contributed by atoms with Crippen LogP contribution in [0.25, 0.3) is 6.08 Å². The van der Waals surface area contributed by atoms with Crippen LogP contribution in [0.5, 0.6) is 0 Å². The van der Waals surface area contributed by atoms with E-state index < -0.39 is 0 Å². The Kier molecular flexibility index (Phi) is 5.46. The van der Waals surface area contributed by atoms with Gasteiger partial charge in [0.15, 0.2) is 0 Å². The summed E-state index contributed by atoms with van der Waals surface area (Å²) in [7, 11) is 3.98. The van der Waals surface area contributed by atoms with Crippen molar-refractivity contribution in [2.24, 2.45) is 0 Å². The summed E-state index contributed by atoms with van der Waals surface area (Å²) in [6.45, 7) is 7.74.